The second-order valence-corrected chi connectivity index (χ2v) is 3.15. The zero-order valence-corrected chi connectivity index (χ0v) is 8.08. The van der Waals surface area contributed by atoms with Crippen molar-refractivity contribution in [1.29, 1.82) is 0 Å². The van der Waals surface area contributed by atoms with Crippen LogP contribution in [-0.4, -0.2) is 18.8 Å². The lowest BCUT2D eigenvalue weighted by Gasteiger charge is -2.10. The zero-order valence-electron chi connectivity index (χ0n) is 7.33. The van der Waals surface area contributed by atoms with Gasteiger partial charge in [-0.1, -0.05) is 11.6 Å². The maximum absolute atomic E-state index is 8.83. The van der Waals surface area contributed by atoms with E-state index in [1.165, 1.54) is 0 Å². The average molecular weight is 202 g/mol. The van der Waals surface area contributed by atoms with Gasteiger partial charge in [0, 0.05) is 5.02 Å². The van der Waals surface area contributed by atoms with Crippen LogP contribution in [0.3, 0.4) is 0 Å². The molecule has 0 aromatic heterocycles. The highest BCUT2D eigenvalue weighted by Crippen LogP contribution is 2.23. The summed E-state index contributed by atoms with van der Waals surface area (Å²) in [6.07, 6.45) is 0. The van der Waals surface area contributed by atoms with Gasteiger partial charge in [0.15, 0.2) is 0 Å². The Kier molecular flexibility index (Phi) is 3.54. The highest BCUT2D eigenvalue weighted by atomic mass is 35.5. The van der Waals surface area contributed by atoms with Crippen LogP contribution in [0.2, 0.25) is 5.02 Å². The van der Waals surface area contributed by atoms with E-state index in [1.807, 2.05) is 0 Å². The number of hydrogen-bond donors (Lipinski definition) is 2. The summed E-state index contributed by atoms with van der Waals surface area (Å²) in [6.45, 7) is -0.108. The number of aliphatic hydroxyl groups is 1. The van der Waals surface area contributed by atoms with Gasteiger partial charge < -0.3 is 15.6 Å². The van der Waals surface area contributed by atoms with Gasteiger partial charge in [0.25, 0.3) is 0 Å². The molecule has 0 spiro atoms. The van der Waals surface area contributed by atoms with Crippen LogP contribution in [0.4, 0.5) is 0 Å². The normalized spacial score (nSPS) is 12.6. The minimum absolute atomic E-state index is 0.108. The first-order valence-electron chi connectivity index (χ1n) is 3.88. The molecule has 72 valence electrons. The Hall–Kier alpha value is -0.770. The van der Waals surface area contributed by atoms with Crippen molar-refractivity contribution in [3.8, 4) is 5.75 Å². The van der Waals surface area contributed by atoms with Crippen LogP contribution in [0.1, 0.15) is 11.6 Å². The number of methoxy groups -OCH3 is 1. The molecule has 13 heavy (non-hydrogen) atoms. The van der Waals surface area contributed by atoms with Crippen LogP contribution in [0, 0.1) is 0 Å². The third-order valence-electron chi connectivity index (χ3n) is 1.75. The largest absolute Gasteiger partial charge is 0.497 e. The topological polar surface area (TPSA) is 55.5 Å². The van der Waals surface area contributed by atoms with Gasteiger partial charge in [-0.3, -0.25) is 0 Å². The quantitative estimate of drug-likeness (QED) is 0.776. The van der Waals surface area contributed by atoms with E-state index in [2.05, 4.69) is 0 Å². The summed E-state index contributed by atoms with van der Waals surface area (Å²) < 4.78 is 5.01. The van der Waals surface area contributed by atoms with E-state index >= 15 is 0 Å². The van der Waals surface area contributed by atoms with E-state index in [9.17, 15) is 0 Å². The Morgan fingerprint density at radius 2 is 2.23 bits per heavy atom. The van der Waals surface area contributed by atoms with Crippen LogP contribution in [-0.2, 0) is 0 Å². The Balaban J connectivity index is 3.01. The molecular weight excluding hydrogens is 190 g/mol. The van der Waals surface area contributed by atoms with Crippen molar-refractivity contribution in [2.75, 3.05) is 13.7 Å². The molecule has 0 saturated carbocycles. The Bertz CT molecular complexity index is 291. The molecule has 0 radical (unpaired) electrons. The molecular formula is C9H12ClNO2. The number of nitrogens with two attached hydrogens (primary N) is 1. The minimum atomic E-state index is -0.410. The molecule has 0 saturated heterocycles. The predicted octanol–water partition coefficient (Wildman–Crippen LogP) is 1.34. The number of rotatable bonds is 3. The van der Waals surface area contributed by atoms with E-state index in [-0.39, 0.29) is 6.61 Å². The molecule has 1 aromatic rings. The van der Waals surface area contributed by atoms with Crippen molar-refractivity contribution in [3.63, 3.8) is 0 Å². The van der Waals surface area contributed by atoms with Crippen molar-refractivity contribution in [2.45, 2.75) is 6.04 Å². The molecule has 4 heteroatoms. The Morgan fingerprint density at radius 1 is 1.54 bits per heavy atom. The average Bonchev–Trinajstić information content (AvgIpc) is 2.15. The highest BCUT2D eigenvalue weighted by molar-refractivity contribution is 6.30. The van der Waals surface area contributed by atoms with E-state index in [4.69, 9.17) is 27.2 Å². The first-order chi connectivity index (χ1) is 6.17. The maximum Gasteiger partial charge on any atom is 0.120 e. The van der Waals surface area contributed by atoms with Gasteiger partial charge in [0.2, 0.25) is 0 Å². The molecule has 1 rings (SSSR count). The van der Waals surface area contributed by atoms with Crippen LogP contribution < -0.4 is 10.5 Å². The van der Waals surface area contributed by atoms with Crippen molar-refractivity contribution in [3.05, 3.63) is 28.8 Å². The van der Waals surface area contributed by atoms with Crippen molar-refractivity contribution < 1.29 is 9.84 Å². The van der Waals surface area contributed by atoms with Gasteiger partial charge in [-0.25, -0.2) is 0 Å². The lowest BCUT2D eigenvalue weighted by Crippen LogP contribution is -2.14. The van der Waals surface area contributed by atoms with Gasteiger partial charge in [-0.05, 0) is 23.8 Å². The number of ether oxygens (including phenoxy) is 1. The lowest BCUT2D eigenvalue weighted by atomic mass is 10.1. The molecule has 0 aliphatic carbocycles. The Morgan fingerprint density at radius 3 is 2.77 bits per heavy atom. The van der Waals surface area contributed by atoms with Crippen molar-refractivity contribution in [2.24, 2.45) is 5.73 Å². The molecule has 0 amide bonds. The van der Waals surface area contributed by atoms with Crippen LogP contribution in [0.15, 0.2) is 18.2 Å². The van der Waals surface area contributed by atoms with Crippen molar-refractivity contribution in [1.82, 2.24) is 0 Å². The summed E-state index contributed by atoms with van der Waals surface area (Å²) in [5.41, 5.74) is 6.39. The summed E-state index contributed by atoms with van der Waals surface area (Å²) >= 11 is 5.81. The first kappa shape index (κ1) is 10.3. The molecule has 3 nitrogen and oxygen atoms in total. The van der Waals surface area contributed by atoms with E-state index in [0.29, 0.717) is 10.8 Å². The van der Waals surface area contributed by atoms with Gasteiger partial charge >= 0.3 is 0 Å². The SMILES string of the molecule is COc1cc(Cl)cc([C@@H](N)CO)c1. The fourth-order valence-electron chi connectivity index (χ4n) is 1.02. The molecule has 1 atom stereocenters. The number of aliphatic hydroxyl groups excluding tert-OH is 1. The number of benzene rings is 1. The summed E-state index contributed by atoms with van der Waals surface area (Å²) in [7, 11) is 1.56. The number of halogens is 1. The fraction of sp³-hybridized carbons (Fsp3) is 0.333. The molecule has 0 fully saturated rings. The zero-order chi connectivity index (χ0) is 9.84. The van der Waals surface area contributed by atoms with Gasteiger partial charge in [-0.2, -0.15) is 0 Å². The Labute approximate surface area is 82.1 Å². The molecule has 1 aromatic carbocycles. The third-order valence-corrected chi connectivity index (χ3v) is 1.97. The molecule has 0 unspecified atom stereocenters. The summed E-state index contributed by atoms with van der Waals surface area (Å²) in [5.74, 6) is 0.645. The second kappa shape index (κ2) is 4.46. The van der Waals surface area contributed by atoms with Crippen LogP contribution in [0.5, 0.6) is 5.75 Å². The maximum atomic E-state index is 8.83. The van der Waals surface area contributed by atoms with Crippen LogP contribution in [0.25, 0.3) is 0 Å². The minimum Gasteiger partial charge on any atom is -0.497 e. The van der Waals surface area contributed by atoms with E-state index < -0.39 is 6.04 Å². The second-order valence-electron chi connectivity index (χ2n) is 2.71. The first-order valence-corrected chi connectivity index (χ1v) is 4.26. The number of hydrogen-bond acceptors (Lipinski definition) is 3. The summed E-state index contributed by atoms with van der Waals surface area (Å²) in [6, 6.07) is 4.75. The van der Waals surface area contributed by atoms with Crippen LogP contribution >= 0.6 is 11.6 Å². The lowest BCUT2D eigenvalue weighted by molar-refractivity contribution is 0.267. The highest BCUT2D eigenvalue weighted by Gasteiger charge is 2.06. The third kappa shape index (κ3) is 2.59. The predicted molar refractivity (Wildman–Crippen MR) is 52.0 cm³/mol. The van der Waals surface area contributed by atoms with Crippen molar-refractivity contribution >= 4 is 11.6 Å². The van der Waals surface area contributed by atoms with E-state index in [1.54, 1.807) is 25.3 Å². The van der Waals surface area contributed by atoms with Gasteiger partial charge in [-0.15, -0.1) is 0 Å². The smallest absolute Gasteiger partial charge is 0.120 e. The van der Waals surface area contributed by atoms with Gasteiger partial charge in [0.05, 0.1) is 19.8 Å². The summed E-state index contributed by atoms with van der Waals surface area (Å²) in [5, 5.41) is 9.39. The summed E-state index contributed by atoms with van der Waals surface area (Å²) in [4.78, 5) is 0. The molecule has 0 aliphatic heterocycles. The molecule has 0 aliphatic rings. The fourth-order valence-corrected chi connectivity index (χ4v) is 1.26. The standard InChI is InChI=1S/C9H12ClNO2/c1-13-8-3-6(9(11)5-12)2-7(10)4-8/h2-4,9,12H,5,11H2,1H3/t9-/m0/s1. The molecule has 0 bridgehead atoms. The van der Waals surface area contributed by atoms with Gasteiger partial charge in [0.1, 0.15) is 5.75 Å². The molecule has 3 N–H and O–H groups in total. The monoisotopic (exact) mass is 201 g/mol. The molecule has 0 heterocycles. The van der Waals surface area contributed by atoms with E-state index in [0.717, 1.165) is 5.56 Å².